The Balaban J connectivity index is 2.21. The molecule has 2 aromatic rings. The van der Waals surface area contributed by atoms with E-state index < -0.39 is 0 Å². The standard InChI is InChI=1S/C10H15ClN6/c1-3-7-10(11)9(17(2)15-7)4-6(12)8-5-13-16-14-8/h5-6H,3-4,12H2,1-2H3,(H,13,14,16). The third kappa shape index (κ3) is 2.32. The van der Waals surface area contributed by atoms with Crippen LogP contribution >= 0.6 is 11.6 Å². The maximum atomic E-state index is 6.25. The maximum absolute atomic E-state index is 6.25. The summed E-state index contributed by atoms with van der Waals surface area (Å²) < 4.78 is 1.78. The fourth-order valence-electron chi connectivity index (χ4n) is 1.74. The Hall–Kier alpha value is -1.40. The van der Waals surface area contributed by atoms with Crippen LogP contribution in [0.15, 0.2) is 6.20 Å². The van der Waals surface area contributed by atoms with Crippen LogP contribution in [0.1, 0.15) is 30.0 Å². The molecule has 0 bridgehead atoms. The van der Waals surface area contributed by atoms with Crippen LogP contribution in [0.2, 0.25) is 5.02 Å². The number of hydrogen-bond acceptors (Lipinski definition) is 4. The van der Waals surface area contributed by atoms with Gasteiger partial charge in [0.1, 0.15) is 0 Å². The highest BCUT2D eigenvalue weighted by atomic mass is 35.5. The quantitative estimate of drug-likeness (QED) is 0.852. The number of aromatic amines is 1. The van der Waals surface area contributed by atoms with E-state index in [1.54, 1.807) is 10.9 Å². The van der Waals surface area contributed by atoms with Crippen LogP contribution in [0.25, 0.3) is 0 Å². The summed E-state index contributed by atoms with van der Waals surface area (Å²) in [5, 5.41) is 15.3. The first kappa shape index (κ1) is 12.1. The average molecular weight is 255 g/mol. The summed E-state index contributed by atoms with van der Waals surface area (Å²) in [6.45, 7) is 2.02. The van der Waals surface area contributed by atoms with E-state index in [0.29, 0.717) is 11.4 Å². The second kappa shape index (κ2) is 4.85. The summed E-state index contributed by atoms with van der Waals surface area (Å²) in [6.07, 6.45) is 3.02. The zero-order chi connectivity index (χ0) is 12.4. The molecule has 0 amide bonds. The summed E-state index contributed by atoms with van der Waals surface area (Å²) in [5.74, 6) is 0. The van der Waals surface area contributed by atoms with Crippen molar-refractivity contribution in [2.45, 2.75) is 25.8 Å². The summed E-state index contributed by atoms with van der Waals surface area (Å²) in [4.78, 5) is 0. The fraction of sp³-hybridized carbons (Fsp3) is 0.500. The van der Waals surface area contributed by atoms with Gasteiger partial charge in [0.05, 0.1) is 34.3 Å². The van der Waals surface area contributed by atoms with Gasteiger partial charge in [-0.1, -0.05) is 18.5 Å². The van der Waals surface area contributed by atoms with E-state index in [9.17, 15) is 0 Å². The van der Waals surface area contributed by atoms with Crippen molar-refractivity contribution < 1.29 is 0 Å². The van der Waals surface area contributed by atoms with Crippen LogP contribution in [0.4, 0.5) is 0 Å². The Labute approximate surface area is 104 Å². The highest BCUT2D eigenvalue weighted by Gasteiger charge is 2.18. The fourth-order valence-corrected chi connectivity index (χ4v) is 2.11. The van der Waals surface area contributed by atoms with Gasteiger partial charge in [0.25, 0.3) is 0 Å². The molecule has 2 rings (SSSR count). The molecule has 2 heterocycles. The molecule has 1 atom stereocenters. The average Bonchev–Trinajstić information content (AvgIpc) is 2.92. The molecule has 0 aromatic carbocycles. The number of aromatic nitrogens is 5. The highest BCUT2D eigenvalue weighted by Crippen LogP contribution is 2.24. The number of halogens is 1. The predicted molar refractivity (Wildman–Crippen MR) is 64.6 cm³/mol. The van der Waals surface area contributed by atoms with Crippen LogP contribution in [0, 0.1) is 0 Å². The van der Waals surface area contributed by atoms with Gasteiger partial charge in [-0.15, -0.1) is 0 Å². The molecule has 1 unspecified atom stereocenters. The SMILES string of the molecule is CCc1nn(C)c(CC(N)c2cn[nH]n2)c1Cl. The van der Waals surface area contributed by atoms with Crippen molar-refractivity contribution in [2.24, 2.45) is 12.8 Å². The Morgan fingerprint density at radius 3 is 2.88 bits per heavy atom. The molecule has 92 valence electrons. The molecule has 3 N–H and O–H groups in total. The second-order valence-electron chi connectivity index (χ2n) is 3.89. The molecule has 2 aromatic heterocycles. The van der Waals surface area contributed by atoms with E-state index in [2.05, 4.69) is 20.5 Å². The van der Waals surface area contributed by atoms with Crippen molar-refractivity contribution in [3.8, 4) is 0 Å². The van der Waals surface area contributed by atoms with E-state index in [4.69, 9.17) is 17.3 Å². The first-order valence-electron chi connectivity index (χ1n) is 5.45. The monoisotopic (exact) mass is 254 g/mol. The summed E-state index contributed by atoms with van der Waals surface area (Å²) in [7, 11) is 1.87. The third-order valence-electron chi connectivity index (χ3n) is 2.73. The van der Waals surface area contributed by atoms with Gasteiger partial charge in [0.2, 0.25) is 0 Å². The number of nitrogens with two attached hydrogens (primary N) is 1. The topological polar surface area (TPSA) is 85.4 Å². The van der Waals surface area contributed by atoms with Gasteiger partial charge >= 0.3 is 0 Å². The van der Waals surface area contributed by atoms with E-state index in [1.807, 2.05) is 14.0 Å². The molecule has 0 fully saturated rings. The van der Waals surface area contributed by atoms with Gasteiger partial charge in [-0.2, -0.15) is 20.5 Å². The van der Waals surface area contributed by atoms with E-state index in [0.717, 1.165) is 23.5 Å². The van der Waals surface area contributed by atoms with Crippen LogP contribution < -0.4 is 5.73 Å². The summed E-state index contributed by atoms with van der Waals surface area (Å²) >= 11 is 6.25. The summed E-state index contributed by atoms with van der Waals surface area (Å²) in [6, 6.07) is -0.230. The normalized spacial score (nSPS) is 12.9. The number of aryl methyl sites for hydroxylation is 2. The number of H-pyrrole nitrogens is 1. The zero-order valence-corrected chi connectivity index (χ0v) is 10.6. The van der Waals surface area contributed by atoms with Gasteiger partial charge < -0.3 is 5.73 Å². The molecule has 6 nitrogen and oxygen atoms in total. The largest absolute Gasteiger partial charge is 0.322 e. The molecular weight excluding hydrogens is 240 g/mol. The minimum atomic E-state index is -0.230. The molecule has 0 radical (unpaired) electrons. The first-order chi connectivity index (χ1) is 8.13. The molecular formula is C10H15ClN6. The van der Waals surface area contributed by atoms with Crippen molar-refractivity contribution in [2.75, 3.05) is 0 Å². The minimum absolute atomic E-state index is 0.230. The van der Waals surface area contributed by atoms with Gasteiger partial charge in [-0.05, 0) is 6.42 Å². The number of nitrogens with one attached hydrogen (secondary N) is 1. The van der Waals surface area contributed by atoms with Crippen LogP contribution in [-0.4, -0.2) is 25.2 Å². The van der Waals surface area contributed by atoms with Crippen molar-refractivity contribution in [3.05, 3.63) is 28.3 Å². The van der Waals surface area contributed by atoms with E-state index in [-0.39, 0.29) is 6.04 Å². The molecule has 0 aliphatic heterocycles. The van der Waals surface area contributed by atoms with E-state index in [1.165, 1.54) is 0 Å². The van der Waals surface area contributed by atoms with E-state index >= 15 is 0 Å². The summed E-state index contributed by atoms with van der Waals surface area (Å²) in [5.41, 5.74) is 8.59. The van der Waals surface area contributed by atoms with Crippen LogP contribution in [-0.2, 0) is 19.9 Å². The third-order valence-corrected chi connectivity index (χ3v) is 3.17. The smallest absolute Gasteiger partial charge is 0.0995 e. The molecule has 17 heavy (non-hydrogen) atoms. The number of nitrogens with zero attached hydrogens (tertiary/aromatic N) is 4. The molecule has 0 aliphatic rings. The first-order valence-corrected chi connectivity index (χ1v) is 5.82. The van der Waals surface area contributed by atoms with Crippen molar-refractivity contribution in [1.82, 2.24) is 25.2 Å². The minimum Gasteiger partial charge on any atom is -0.322 e. The van der Waals surface area contributed by atoms with Gasteiger partial charge in [-0.3, -0.25) is 4.68 Å². The molecule has 7 heteroatoms. The Morgan fingerprint density at radius 1 is 1.59 bits per heavy atom. The molecule has 0 spiro atoms. The molecule has 0 saturated heterocycles. The number of hydrogen-bond donors (Lipinski definition) is 2. The molecule has 0 saturated carbocycles. The Bertz CT molecular complexity index is 489. The van der Waals surface area contributed by atoms with Gasteiger partial charge in [0, 0.05) is 13.5 Å². The predicted octanol–water partition coefficient (Wildman–Crippen LogP) is 0.997. The van der Waals surface area contributed by atoms with Gasteiger partial charge in [0.15, 0.2) is 0 Å². The van der Waals surface area contributed by atoms with Crippen LogP contribution in [0.3, 0.4) is 0 Å². The Kier molecular flexibility index (Phi) is 3.44. The second-order valence-corrected chi connectivity index (χ2v) is 4.27. The lowest BCUT2D eigenvalue weighted by atomic mass is 10.1. The van der Waals surface area contributed by atoms with Crippen molar-refractivity contribution >= 4 is 11.6 Å². The van der Waals surface area contributed by atoms with Gasteiger partial charge in [-0.25, -0.2) is 0 Å². The lowest BCUT2D eigenvalue weighted by molar-refractivity contribution is 0.626. The van der Waals surface area contributed by atoms with Crippen molar-refractivity contribution in [1.29, 1.82) is 0 Å². The Morgan fingerprint density at radius 2 is 2.35 bits per heavy atom. The maximum Gasteiger partial charge on any atom is 0.0995 e. The highest BCUT2D eigenvalue weighted by molar-refractivity contribution is 6.31. The lowest BCUT2D eigenvalue weighted by Crippen LogP contribution is -2.16. The zero-order valence-electron chi connectivity index (χ0n) is 9.81. The van der Waals surface area contributed by atoms with Crippen molar-refractivity contribution in [3.63, 3.8) is 0 Å². The molecule has 0 aliphatic carbocycles. The lowest BCUT2D eigenvalue weighted by Gasteiger charge is -2.08. The van der Waals surface area contributed by atoms with Crippen LogP contribution in [0.5, 0.6) is 0 Å². The number of rotatable bonds is 4.